The van der Waals surface area contributed by atoms with Gasteiger partial charge in [-0.1, -0.05) is 20.8 Å². The van der Waals surface area contributed by atoms with Crippen molar-refractivity contribution in [2.75, 3.05) is 13.1 Å². The van der Waals surface area contributed by atoms with E-state index in [1.165, 1.54) is 0 Å². The lowest BCUT2D eigenvalue weighted by atomic mass is 9.86. The van der Waals surface area contributed by atoms with E-state index in [1.54, 1.807) is 0 Å². The minimum atomic E-state index is -0.706. The Labute approximate surface area is 121 Å². The predicted molar refractivity (Wildman–Crippen MR) is 78.6 cm³/mol. The number of urea groups is 1. The van der Waals surface area contributed by atoms with Gasteiger partial charge in [-0.05, 0) is 38.0 Å². The maximum absolute atomic E-state index is 12.3. The summed E-state index contributed by atoms with van der Waals surface area (Å²) in [4.78, 5) is 25.0. The Bertz CT molecular complexity index is 323. The highest BCUT2D eigenvalue weighted by atomic mass is 16.4. The molecule has 0 spiro atoms. The van der Waals surface area contributed by atoms with Gasteiger partial charge in [0.1, 0.15) is 0 Å². The molecule has 116 valence electrons. The van der Waals surface area contributed by atoms with E-state index in [4.69, 9.17) is 5.11 Å². The van der Waals surface area contributed by atoms with Crippen LogP contribution in [0, 0.1) is 11.8 Å². The largest absolute Gasteiger partial charge is 0.481 e. The second kappa shape index (κ2) is 8.12. The van der Waals surface area contributed by atoms with Gasteiger partial charge in [-0.15, -0.1) is 0 Å². The molecule has 1 aliphatic rings. The number of nitrogens with one attached hydrogen (secondary N) is 1. The predicted octanol–water partition coefficient (Wildman–Crippen LogP) is 2.71. The van der Waals surface area contributed by atoms with E-state index in [2.05, 4.69) is 26.1 Å². The average molecular weight is 284 g/mol. The van der Waals surface area contributed by atoms with Crippen LogP contribution in [-0.2, 0) is 4.79 Å². The molecule has 0 aromatic rings. The van der Waals surface area contributed by atoms with Crippen molar-refractivity contribution >= 4 is 12.0 Å². The first-order valence-corrected chi connectivity index (χ1v) is 7.72. The number of amides is 2. The fourth-order valence-corrected chi connectivity index (χ4v) is 2.74. The monoisotopic (exact) mass is 284 g/mol. The molecule has 0 atom stereocenters. The van der Waals surface area contributed by atoms with Crippen LogP contribution >= 0.6 is 0 Å². The van der Waals surface area contributed by atoms with E-state index < -0.39 is 5.97 Å². The lowest BCUT2D eigenvalue weighted by Crippen LogP contribution is -2.47. The molecule has 20 heavy (non-hydrogen) atoms. The van der Waals surface area contributed by atoms with Crippen LogP contribution in [0.5, 0.6) is 0 Å². The molecular formula is C15H28N2O3. The number of aliphatic carboxylic acids is 1. The summed E-state index contributed by atoms with van der Waals surface area (Å²) in [7, 11) is 0. The van der Waals surface area contributed by atoms with Crippen LogP contribution in [0.3, 0.4) is 0 Å². The molecule has 0 radical (unpaired) electrons. The quantitative estimate of drug-likeness (QED) is 0.788. The van der Waals surface area contributed by atoms with Gasteiger partial charge >= 0.3 is 12.0 Å². The van der Waals surface area contributed by atoms with E-state index in [0.29, 0.717) is 18.8 Å². The van der Waals surface area contributed by atoms with Crippen molar-refractivity contribution in [3.63, 3.8) is 0 Å². The van der Waals surface area contributed by atoms with Crippen molar-refractivity contribution < 1.29 is 14.7 Å². The number of carbonyl (C=O) groups is 2. The lowest BCUT2D eigenvalue weighted by molar-refractivity contribution is -0.142. The molecule has 5 heteroatoms. The zero-order valence-corrected chi connectivity index (χ0v) is 12.9. The summed E-state index contributed by atoms with van der Waals surface area (Å²) in [5.74, 6) is -0.484. The first-order valence-electron chi connectivity index (χ1n) is 7.72. The Morgan fingerprint density at radius 2 is 1.85 bits per heavy atom. The fourth-order valence-electron chi connectivity index (χ4n) is 2.74. The molecule has 0 heterocycles. The van der Waals surface area contributed by atoms with E-state index in [-0.39, 0.29) is 18.0 Å². The van der Waals surface area contributed by atoms with Gasteiger partial charge in [-0.25, -0.2) is 4.79 Å². The highest BCUT2D eigenvalue weighted by Gasteiger charge is 2.27. The zero-order chi connectivity index (χ0) is 15.1. The van der Waals surface area contributed by atoms with Gasteiger partial charge < -0.3 is 15.3 Å². The van der Waals surface area contributed by atoms with Crippen molar-refractivity contribution in [1.29, 1.82) is 0 Å². The molecule has 0 aliphatic heterocycles. The highest BCUT2D eigenvalue weighted by molar-refractivity contribution is 5.74. The Morgan fingerprint density at radius 3 is 2.30 bits per heavy atom. The first-order chi connectivity index (χ1) is 9.43. The van der Waals surface area contributed by atoms with E-state index in [9.17, 15) is 9.59 Å². The third-order valence-corrected chi connectivity index (χ3v) is 3.77. The molecule has 0 aromatic carbocycles. The summed E-state index contributed by atoms with van der Waals surface area (Å²) in [5.41, 5.74) is 0. The van der Waals surface area contributed by atoms with Crippen LogP contribution in [-0.4, -0.2) is 41.1 Å². The van der Waals surface area contributed by atoms with Crippen molar-refractivity contribution in [3.05, 3.63) is 0 Å². The average Bonchev–Trinajstić information content (AvgIpc) is 2.38. The maximum Gasteiger partial charge on any atom is 0.317 e. The number of hydrogen-bond acceptors (Lipinski definition) is 2. The van der Waals surface area contributed by atoms with Gasteiger partial charge in [0.15, 0.2) is 0 Å². The fraction of sp³-hybridized carbons (Fsp3) is 0.867. The summed E-state index contributed by atoms with van der Waals surface area (Å²) in [6.45, 7) is 7.82. The Balaban J connectivity index is 2.42. The summed E-state index contributed by atoms with van der Waals surface area (Å²) in [6.07, 6.45) is 3.82. The number of nitrogens with zero attached hydrogens (tertiary/aromatic N) is 1. The lowest BCUT2D eigenvalue weighted by Gasteiger charge is -2.30. The van der Waals surface area contributed by atoms with Crippen molar-refractivity contribution in [2.45, 2.75) is 58.9 Å². The molecule has 1 aliphatic carbocycles. The van der Waals surface area contributed by atoms with Gasteiger partial charge in [-0.3, -0.25) is 4.79 Å². The number of carbonyl (C=O) groups excluding carboxylic acids is 1. The smallest absolute Gasteiger partial charge is 0.317 e. The Hall–Kier alpha value is -1.26. The highest BCUT2D eigenvalue weighted by Crippen LogP contribution is 2.24. The molecule has 1 fully saturated rings. The number of carboxylic acid groups (broad SMARTS) is 1. The number of rotatable bonds is 6. The Morgan fingerprint density at radius 1 is 1.25 bits per heavy atom. The van der Waals surface area contributed by atoms with Crippen molar-refractivity contribution in [2.24, 2.45) is 11.8 Å². The molecule has 1 rings (SSSR count). The SMILES string of the molecule is CCCN(CC(C)C)C(=O)NC1CCC(C(=O)O)CC1. The summed E-state index contributed by atoms with van der Waals surface area (Å²) < 4.78 is 0. The van der Waals surface area contributed by atoms with Crippen molar-refractivity contribution in [1.82, 2.24) is 10.2 Å². The van der Waals surface area contributed by atoms with Crippen LogP contribution in [0.1, 0.15) is 52.9 Å². The molecule has 5 nitrogen and oxygen atoms in total. The van der Waals surface area contributed by atoms with Crippen molar-refractivity contribution in [3.8, 4) is 0 Å². The molecule has 0 aromatic heterocycles. The van der Waals surface area contributed by atoms with E-state index in [1.807, 2.05) is 4.90 Å². The minimum absolute atomic E-state index is 0.000625. The third-order valence-electron chi connectivity index (χ3n) is 3.77. The Kier molecular flexibility index (Phi) is 6.82. The van der Waals surface area contributed by atoms with Gasteiger partial charge in [0.05, 0.1) is 5.92 Å². The third kappa shape index (κ3) is 5.39. The molecule has 0 saturated heterocycles. The van der Waals surface area contributed by atoms with Crippen LogP contribution in [0.25, 0.3) is 0 Å². The van der Waals surface area contributed by atoms with E-state index in [0.717, 1.165) is 32.4 Å². The number of carboxylic acids is 1. The van der Waals surface area contributed by atoms with Gasteiger partial charge in [0.2, 0.25) is 0 Å². The van der Waals surface area contributed by atoms with E-state index >= 15 is 0 Å². The first kappa shape index (κ1) is 16.8. The van der Waals surface area contributed by atoms with Crippen LogP contribution in [0.15, 0.2) is 0 Å². The summed E-state index contributed by atoms with van der Waals surface area (Å²) in [6, 6.07) is 0.129. The molecule has 0 unspecified atom stereocenters. The second-order valence-corrected chi connectivity index (χ2v) is 6.18. The van der Waals surface area contributed by atoms with Crippen LogP contribution < -0.4 is 5.32 Å². The zero-order valence-electron chi connectivity index (χ0n) is 12.9. The second-order valence-electron chi connectivity index (χ2n) is 6.18. The van der Waals surface area contributed by atoms with Crippen LogP contribution in [0.2, 0.25) is 0 Å². The molecule has 0 bridgehead atoms. The minimum Gasteiger partial charge on any atom is -0.481 e. The van der Waals surface area contributed by atoms with Gasteiger partial charge in [0.25, 0.3) is 0 Å². The normalized spacial score (nSPS) is 22.6. The summed E-state index contributed by atoms with van der Waals surface area (Å²) in [5, 5.41) is 12.0. The number of hydrogen-bond donors (Lipinski definition) is 2. The molecule has 2 amide bonds. The standard InChI is InChI=1S/C15H28N2O3/c1-4-9-17(10-11(2)3)15(20)16-13-7-5-12(6-8-13)14(18)19/h11-13H,4-10H2,1-3H3,(H,16,20)(H,18,19). The molecule has 1 saturated carbocycles. The molecule has 2 N–H and O–H groups in total. The van der Waals surface area contributed by atoms with Gasteiger partial charge in [0, 0.05) is 19.1 Å². The summed E-state index contributed by atoms with van der Waals surface area (Å²) >= 11 is 0. The van der Waals surface area contributed by atoms with Gasteiger partial charge in [-0.2, -0.15) is 0 Å². The topological polar surface area (TPSA) is 69.6 Å². The maximum atomic E-state index is 12.3. The molecular weight excluding hydrogens is 256 g/mol. The van der Waals surface area contributed by atoms with Crippen LogP contribution in [0.4, 0.5) is 4.79 Å².